The van der Waals surface area contributed by atoms with Crippen molar-refractivity contribution in [1.29, 1.82) is 0 Å². The summed E-state index contributed by atoms with van der Waals surface area (Å²) in [6.07, 6.45) is 1.41. The number of hydrogen-bond donors (Lipinski definition) is 0. The molecule has 2 aromatic rings. The van der Waals surface area contributed by atoms with Crippen molar-refractivity contribution in [3.63, 3.8) is 0 Å². The van der Waals surface area contributed by atoms with Crippen LogP contribution in [-0.2, 0) is 27.3 Å². The molecule has 1 fully saturated rings. The van der Waals surface area contributed by atoms with E-state index in [-0.39, 0.29) is 18.2 Å². The van der Waals surface area contributed by atoms with Crippen molar-refractivity contribution in [3.05, 3.63) is 71.8 Å². The lowest BCUT2D eigenvalue weighted by molar-refractivity contribution is -0.146. The highest BCUT2D eigenvalue weighted by molar-refractivity contribution is 5.78. The third-order valence-electron chi connectivity index (χ3n) is 3.60. The van der Waals surface area contributed by atoms with E-state index in [4.69, 9.17) is 9.47 Å². The number of esters is 1. The van der Waals surface area contributed by atoms with Crippen molar-refractivity contribution in [1.82, 2.24) is 0 Å². The molecule has 1 heterocycles. The van der Waals surface area contributed by atoms with Crippen molar-refractivity contribution >= 4 is 5.97 Å². The van der Waals surface area contributed by atoms with E-state index >= 15 is 0 Å². The molecule has 0 aliphatic carbocycles. The first-order chi connectivity index (χ1) is 10.3. The SMILES string of the molecule is O=C(OCc1ccccc1)[C@H]1O[C@H]1CCc1ccccc1. The maximum atomic E-state index is 11.9. The minimum absolute atomic E-state index is 0.00785. The van der Waals surface area contributed by atoms with E-state index in [1.807, 2.05) is 48.5 Å². The smallest absolute Gasteiger partial charge is 0.338 e. The monoisotopic (exact) mass is 282 g/mol. The lowest BCUT2D eigenvalue weighted by Crippen LogP contribution is -2.14. The van der Waals surface area contributed by atoms with Crippen LogP contribution in [0.3, 0.4) is 0 Å². The highest BCUT2D eigenvalue weighted by atomic mass is 16.6. The Bertz CT molecular complexity index is 580. The van der Waals surface area contributed by atoms with E-state index in [0.717, 1.165) is 18.4 Å². The molecular formula is C18H18O3. The molecule has 0 aromatic heterocycles. The summed E-state index contributed by atoms with van der Waals surface area (Å²) in [4.78, 5) is 11.9. The van der Waals surface area contributed by atoms with Crippen LogP contribution < -0.4 is 0 Å². The number of ether oxygens (including phenoxy) is 2. The van der Waals surface area contributed by atoms with E-state index in [9.17, 15) is 4.79 Å². The quantitative estimate of drug-likeness (QED) is 0.603. The molecule has 2 aromatic carbocycles. The van der Waals surface area contributed by atoms with Gasteiger partial charge in [-0.1, -0.05) is 60.7 Å². The Hall–Kier alpha value is -2.13. The van der Waals surface area contributed by atoms with Gasteiger partial charge in [0.2, 0.25) is 0 Å². The molecule has 0 spiro atoms. The molecule has 3 rings (SSSR count). The van der Waals surface area contributed by atoms with Gasteiger partial charge in [-0.25, -0.2) is 4.79 Å². The summed E-state index contributed by atoms with van der Waals surface area (Å²) in [5.41, 5.74) is 2.26. The van der Waals surface area contributed by atoms with Crippen LogP contribution >= 0.6 is 0 Å². The molecule has 0 amide bonds. The second-order valence-corrected chi connectivity index (χ2v) is 5.21. The summed E-state index contributed by atoms with van der Waals surface area (Å²) in [6, 6.07) is 19.9. The van der Waals surface area contributed by atoms with Crippen molar-refractivity contribution in [3.8, 4) is 0 Å². The summed E-state index contributed by atoms with van der Waals surface area (Å²) in [5.74, 6) is -0.253. The summed E-state index contributed by atoms with van der Waals surface area (Å²) in [6.45, 7) is 0.310. The number of carbonyl (C=O) groups is 1. The summed E-state index contributed by atoms with van der Waals surface area (Å²) in [7, 11) is 0. The first kappa shape index (κ1) is 13.8. The van der Waals surface area contributed by atoms with Gasteiger partial charge in [0.05, 0.1) is 6.10 Å². The Morgan fingerprint density at radius 3 is 2.24 bits per heavy atom. The highest BCUT2D eigenvalue weighted by Crippen LogP contribution is 2.28. The van der Waals surface area contributed by atoms with Gasteiger partial charge in [-0.15, -0.1) is 0 Å². The molecule has 2 atom stereocenters. The Balaban J connectivity index is 1.40. The van der Waals surface area contributed by atoms with Gasteiger partial charge in [-0.3, -0.25) is 0 Å². The second-order valence-electron chi connectivity index (χ2n) is 5.21. The fourth-order valence-electron chi connectivity index (χ4n) is 2.33. The largest absolute Gasteiger partial charge is 0.459 e. The Morgan fingerprint density at radius 2 is 1.57 bits per heavy atom. The van der Waals surface area contributed by atoms with Gasteiger partial charge in [0, 0.05) is 0 Å². The average Bonchev–Trinajstić information content (AvgIpc) is 3.32. The number of epoxide rings is 1. The molecule has 0 unspecified atom stereocenters. The molecule has 3 heteroatoms. The lowest BCUT2D eigenvalue weighted by Gasteiger charge is -2.02. The highest BCUT2D eigenvalue weighted by Gasteiger charge is 2.45. The van der Waals surface area contributed by atoms with Crippen LogP contribution in [0.25, 0.3) is 0 Å². The third-order valence-corrected chi connectivity index (χ3v) is 3.60. The van der Waals surface area contributed by atoms with Crippen molar-refractivity contribution in [2.45, 2.75) is 31.7 Å². The predicted octanol–water partition coefficient (Wildman–Crippen LogP) is 3.13. The average molecular weight is 282 g/mol. The van der Waals surface area contributed by atoms with Crippen LogP contribution in [0.2, 0.25) is 0 Å². The van der Waals surface area contributed by atoms with Gasteiger partial charge < -0.3 is 9.47 Å². The summed E-state index contributed by atoms with van der Waals surface area (Å²) < 4.78 is 10.7. The number of rotatable bonds is 6. The molecular weight excluding hydrogens is 264 g/mol. The van der Waals surface area contributed by atoms with Gasteiger partial charge in [0.25, 0.3) is 0 Å². The Morgan fingerprint density at radius 1 is 0.952 bits per heavy atom. The topological polar surface area (TPSA) is 38.8 Å². The minimum Gasteiger partial charge on any atom is -0.459 e. The fraction of sp³-hybridized carbons (Fsp3) is 0.278. The van der Waals surface area contributed by atoms with E-state index < -0.39 is 0 Å². The maximum Gasteiger partial charge on any atom is 0.338 e. The Kier molecular flexibility index (Phi) is 4.31. The first-order valence-corrected chi connectivity index (χ1v) is 7.23. The zero-order valence-electron chi connectivity index (χ0n) is 11.8. The van der Waals surface area contributed by atoms with Crippen LogP contribution in [0, 0.1) is 0 Å². The summed E-state index contributed by atoms with van der Waals surface area (Å²) >= 11 is 0. The van der Waals surface area contributed by atoms with Crippen molar-refractivity contribution < 1.29 is 14.3 Å². The number of hydrogen-bond acceptors (Lipinski definition) is 3. The molecule has 1 saturated heterocycles. The molecule has 0 saturated carbocycles. The van der Waals surface area contributed by atoms with Crippen LogP contribution in [0.1, 0.15) is 17.5 Å². The Labute approximate surface area is 124 Å². The zero-order valence-corrected chi connectivity index (χ0v) is 11.8. The first-order valence-electron chi connectivity index (χ1n) is 7.23. The van der Waals surface area contributed by atoms with Crippen LogP contribution in [0.5, 0.6) is 0 Å². The molecule has 0 N–H and O–H groups in total. The maximum absolute atomic E-state index is 11.9. The second kappa shape index (κ2) is 6.55. The normalized spacial score (nSPS) is 20.0. The van der Waals surface area contributed by atoms with E-state index in [0.29, 0.717) is 6.61 Å². The standard InChI is InChI=1S/C18H18O3/c19-18(20-13-15-9-5-2-6-10-15)17-16(21-17)12-11-14-7-3-1-4-8-14/h1-10,16-17H,11-13H2/t16-,17-/m0/s1. The van der Waals surface area contributed by atoms with Crippen LogP contribution in [0.4, 0.5) is 0 Å². The van der Waals surface area contributed by atoms with E-state index in [1.165, 1.54) is 5.56 Å². The van der Waals surface area contributed by atoms with Gasteiger partial charge in [0.15, 0.2) is 6.10 Å². The molecule has 3 nitrogen and oxygen atoms in total. The molecule has 0 radical (unpaired) electrons. The van der Waals surface area contributed by atoms with E-state index in [2.05, 4.69) is 12.1 Å². The zero-order chi connectivity index (χ0) is 14.5. The van der Waals surface area contributed by atoms with Gasteiger partial charge in [0.1, 0.15) is 6.61 Å². The predicted molar refractivity (Wildman–Crippen MR) is 79.7 cm³/mol. The van der Waals surface area contributed by atoms with Gasteiger partial charge in [-0.05, 0) is 24.0 Å². The number of aryl methyl sites for hydroxylation is 1. The fourth-order valence-corrected chi connectivity index (χ4v) is 2.33. The molecule has 108 valence electrons. The molecule has 1 aliphatic heterocycles. The molecule has 21 heavy (non-hydrogen) atoms. The molecule has 1 aliphatic rings. The van der Waals surface area contributed by atoms with Crippen LogP contribution in [0.15, 0.2) is 60.7 Å². The van der Waals surface area contributed by atoms with Crippen LogP contribution in [-0.4, -0.2) is 18.2 Å². The van der Waals surface area contributed by atoms with Gasteiger partial charge in [-0.2, -0.15) is 0 Å². The van der Waals surface area contributed by atoms with Gasteiger partial charge >= 0.3 is 5.97 Å². The minimum atomic E-state index is -0.377. The van der Waals surface area contributed by atoms with Crippen molar-refractivity contribution in [2.75, 3.05) is 0 Å². The third kappa shape index (κ3) is 3.92. The lowest BCUT2D eigenvalue weighted by atomic mass is 10.1. The number of carbonyl (C=O) groups excluding carboxylic acids is 1. The van der Waals surface area contributed by atoms with E-state index in [1.54, 1.807) is 0 Å². The summed E-state index contributed by atoms with van der Waals surface area (Å²) in [5, 5.41) is 0. The number of benzene rings is 2. The van der Waals surface area contributed by atoms with Crippen molar-refractivity contribution in [2.24, 2.45) is 0 Å². The molecule has 0 bridgehead atoms.